The van der Waals surface area contributed by atoms with Crippen LogP contribution in [0.3, 0.4) is 0 Å². The molecule has 2 unspecified atom stereocenters. The number of nitrogens with one attached hydrogen (secondary N) is 1. The van der Waals surface area contributed by atoms with Gasteiger partial charge in [-0.1, -0.05) is 75.7 Å². The van der Waals surface area contributed by atoms with Crippen LogP contribution in [0.4, 0.5) is 0 Å². The van der Waals surface area contributed by atoms with E-state index >= 15 is 0 Å². The lowest BCUT2D eigenvalue weighted by molar-refractivity contribution is -0.168. The molecule has 0 aliphatic carbocycles. The predicted octanol–water partition coefficient (Wildman–Crippen LogP) is 8.58. The van der Waals surface area contributed by atoms with Crippen LogP contribution in [0.5, 0.6) is 5.75 Å². The van der Waals surface area contributed by atoms with Crippen molar-refractivity contribution in [2.75, 3.05) is 47.8 Å². The Kier molecular flexibility index (Phi) is 31.2. The molecule has 1 aliphatic heterocycles. The molecule has 2 atom stereocenters. The van der Waals surface area contributed by atoms with Crippen molar-refractivity contribution in [2.24, 2.45) is 5.92 Å². The summed E-state index contributed by atoms with van der Waals surface area (Å²) in [5.41, 5.74) is 0.934. The van der Waals surface area contributed by atoms with E-state index in [9.17, 15) is 14.4 Å². The third-order valence-corrected chi connectivity index (χ3v) is 8.86. The van der Waals surface area contributed by atoms with E-state index in [-0.39, 0.29) is 17.3 Å². The first kappa shape index (κ1) is 50.8. The fourth-order valence-electron chi connectivity index (χ4n) is 5.40. The Hall–Kier alpha value is -3.23. The van der Waals surface area contributed by atoms with Crippen LogP contribution in [0.2, 0.25) is 0 Å². The van der Waals surface area contributed by atoms with Crippen molar-refractivity contribution in [3.05, 3.63) is 42.0 Å². The minimum absolute atomic E-state index is 0.0417. The Morgan fingerprint density at radius 3 is 2.06 bits per heavy atom. The van der Waals surface area contributed by atoms with Gasteiger partial charge in [0, 0.05) is 46.0 Å². The number of benzene rings is 1. The Morgan fingerprint density at radius 1 is 0.926 bits per heavy atom. The van der Waals surface area contributed by atoms with Crippen molar-refractivity contribution in [3.8, 4) is 17.6 Å². The molecular formula is C44H73NO9. The quantitative estimate of drug-likeness (QED) is 0.0326. The molecule has 1 heterocycles. The second-order valence-electron chi connectivity index (χ2n) is 14.3. The summed E-state index contributed by atoms with van der Waals surface area (Å²) in [6.07, 6.45) is 22.5. The van der Waals surface area contributed by atoms with Crippen LogP contribution in [0, 0.1) is 17.8 Å². The fraction of sp³-hybridized carbons (Fsp3) is 0.705. The number of ether oxygens (including phenoxy) is 6. The topological polar surface area (TPSA) is 119 Å². The molecule has 1 saturated heterocycles. The van der Waals surface area contributed by atoms with Crippen LogP contribution in [0.15, 0.2) is 36.4 Å². The second kappa shape index (κ2) is 33.1. The fourth-order valence-corrected chi connectivity index (χ4v) is 5.40. The van der Waals surface area contributed by atoms with Gasteiger partial charge in [-0.05, 0) is 83.9 Å². The lowest BCUT2D eigenvalue weighted by Gasteiger charge is -2.27. The first-order chi connectivity index (χ1) is 26.0. The summed E-state index contributed by atoms with van der Waals surface area (Å²) in [5.74, 6) is 5.59. The van der Waals surface area contributed by atoms with Gasteiger partial charge in [0.25, 0.3) is 0 Å². The number of carbonyl (C=O) groups excluding carboxylic acids is 3. The van der Waals surface area contributed by atoms with Crippen LogP contribution in [0.1, 0.15) is 130 Å². The highest BCUT2D eigenvalue weighted by atomic mass is 16.7. The number of hydrogen-bond acceptors (Lipinski definition) is 9. The zero-order valence-corrected chi connectivity index (χ0v) is 34.9. The van der Waals surface area contributed by atoms with Crippen molar-refractivity contribution in [2.45, 2.75) is 148 Å². The number of rotatable bonds is 26. The molecule has 10 nitrogen and oxygen atoms in total. The van der Waals surface area contributed by atoms with E-state index in [1.54, 1.807) is 33.3 Å². The maximum atomic E-state index is 11.5. The maximum Gasteiger partial charge on any atom is 0.328 e. The van der Waals surface area contributed by atoms with Gasteiger partial charge in [0.1, 0.15) is 24.7 Å². The van der Waals surface area contributed by atoms with Gasteiger partial charge in [-0.25, -0.2) is 4.79 Å². The summed E-state index contributed by atoms with van der Waals surface area (Å²) < 4.78 is 32.0. The van der Waals surface area contributed by atoms with Crippen molar-refractivity contribution in [1.29, 1.82) is 0 Å². The number of hydrogen-bond donors (Lipinski definition) is 1. The summed E-state index contributed by atoms with van der Waals surface area (Å²) in [5, 5.41) is 2.43. The third kappa shape index (κ3) is 27.4. The predicted molar refractivity (Wildman–Crippen MR) is 216 cm³/mol. The van der Waals surface area contributed by atoms with E-state index in [1.165, 1.54) is 64.9 Å². The van der Waals surface area contributed by atoms with Crippen LogP contribution in [0.25, 0.3) is 0 Å². The summed E-state index contributed by atoms with van der Waals surface area (Å²) in [6.45, 7) is 12.6. The summed E-state index contributed by atoms with van der Waals surface area (Å²) in [4.78, 5) is 32.9. The highest BCUT2D eigenvalue weighted by molar-refractivity contribution is 5.78. The molecule has 0 saturated carbocycles. The largest absolute Gasteiger partial charge is 0.481 e. The number of unbranched alkanes of at least 4 members (excludes halogenated alkanes) is 8. The van der Waals surface area contributed by atoms with Gasteiger partial charge in [-0.2, -0.15) is 0 Å². The molecule has 1 aromatic carbocycles. The third-order valence-electron chi connectivity index (χ3n) is 8.86. The van der Waals surface area contributed by atoms with Crippen molar-refractivity contribution in [1.82, 2.24) is 5.32 Å². The van der Waals surface area contributed by atoms with E-state index < -0.39 is 12.0 Å². The molecular weight excluding hydrogens is 686 g/mol. The van der Waals surface area contributed by atoms with Gasteiger partial charge in [0.05, 0.1) is 25.9 Å². The van der Waals surface area contributed by atoms with Crippen molar-refractivity contribution >= 4 is 18.7 Å². The molecule has 1 aromatic rings. The number of aldehydes is 1. The summed E-state index contributed by atoms with van der Waals surface area (Å²) >= 11 is 0. The minimum atomic E-state index is -0.685. The Labute approximate surface area is 327 Å². The van der Waals surface area contributed by atoms with Crippen LogP contribution < -0.4 is 10.1 Å². The van der Waals surface area contributed by atoms with Crippen LogP contribution >= 0.6 is 0 Å². The monoisotopic (exact) mass is 760 g/mol. The first-order valence-corrected chi connectivity index (χ1v) is 19.8. The maximum absolute atomic E-state index is 11.5. The van der Waals surface area contributed by atoms with Crippen LogP contribution in [-0.4, -0.2) is 83.9 Å². The zero-order chi connectivity index (χ0) is 40.3. The Morgan fingerprint density at radius 2 is 1.54 bits per heavy atom. The molecule has 1 amide bonds. The van der Waals surface area contributed by atoms with Gasteiger partial charge in [0.2, 0.25) is 6.41 Å². The van der Waals surface area contributed by atoms with Gasteiger partial charge in [-0.15, -0.1) is 5.92 Å². The van der Waals surface area contributed by atoms with Gasteiger partial charge >= 0.3 is 5.97 Å². The second-order valence-corrected chi connectivity index (χ2v) is 14.3. The Balaban J connectivity index is 0.000000938. The van der Waals surface area contributed by atoms with Gasteiger partial charge < -0.3 is 38.5 Å². The summed E-state index contributed by atoms with van der Waals surface area (Å²) in [6, 6.07) is 6.56. The zero-order valence-electron chi connectivity index (χ0n) is 34.9. The van der Waals surface area contributed by atoms with E-state index in [0.29, 0.717) is 31.8 Å². The number of carbonyl (C=O) groups is 3. The summed E-state index contributed by atoms with van der Waals surface area (Å²) in [7, 11) is 4.67. The molecule has 54 heavy (non-hydrogen) atoms. The van der Waals surface area contributed by atoms with Crippen molar-refractivity contribution in [3.63, 3.8) is 0 Å². The number of esters is 1. The lowest BCUT2D eigenvalue weighted by atomic mass is 9.99. The standard InChI is InChI=1S/C24H44O4.C15H17NO4.C5H12O/c1-3-4-5-10-13-17-24(27-20-21-28-24)18-14-11-8-6-7-9-12-15-23(22-25)16-19-26-2;1-3-4-9-20-13-7-5-12(6-8-13)10-14(16-11-17)15(18)19-2;1-5(2,3)6-4/h9,12,22-23H,3-8,10-11,13-21H2,1-2H3;5-8,11,14H,9-10H2,1-2H3,(H,16,17);1-4H3/b12-9+;;. The molecule has 1 fully saturated rings. The Bertz CT molecular complexity index is 1160. The smallest absolute Gasteiger partial charge is 0.328 e. The van der Waals surface area contributed by atoms with E-state index in [4.69, 9.17) is 23.7 Å². The first-order valence-electron chi connectivity index (χ1n) is 19.8. The molecule has 1 N–H and O–H groups in total. The average molecular weight is 760 g/mol. The highest BCUT2D eigenvalue weighted by Crippen LogP contribution is 2.32. The van der Waals surface area contributed by atoms with E-state index in [0.717, 1.165) is 57.2 Å². The molecule has 1 aliphatic rings. The van der Waals surface area contributed by atoms with Gasteiger partial charge in [-0.3, -0.25) is 4.79 Å². The minimum Gasteiger partial charge on any atom is -0.481 e. The number of methoxy groups -OCH3 is 3. The molecule has 0 radical (unpaired) electrons. The molecule has 10 heteroatoms. The van der Waals surface area contributed by atoms with E-state index in [2.05, 4.69) is 41.0 Å². The molecule has 0 spiro atoms. The van der Waals surface area contributed by atoms with Crippen molar-refractivity contribution < 1.29 is 42.8 Å². The lowest BCUT2D eigenvalue weighted by Crippen LogP contribution is -2.38. The SMILES string of the molecule is CC#CCOc1ccc(CC(NC=O)C(=O)OC)cc1.CCCCCCCC1(CCCCCC/C=C/CC(C=O)CCOC)OCCO1.COC(C)(C)C. The number of amides is 1. The van der Waals surface area contributed by atoms with Gasteiger partial charge in [0.15, 0.2) is 5.79 Å². The van der Waals surface area contributed by atoms with Crippen LogP contribution in [-0.2, 0) is 44.5 Å². The molecule has 0 aromatic heterocycles. The molecule has 0 bridgehead atoms. The van der Waals surface area contributed by atoms with E-state index in [1.807, 2.05) is 32.9 Å². The molecule has 308 valence electrons. The normalized spacial score (nSPS) is 14.3. The average Bonchev–Trinajstić information content (AvgIpc) is 3.64. The molecule has 2 rings (SSSR count). The number of allylic oxidation sites excluding steroid dienone is 2. The highest BCUT2D eigenvalue weighted by Gasteiger charge is 2.35.